The normalized spacial score (nSPS) is 31.9. The zero-order chi connectivity index (χ0) is 18.8. The first-order valence-electron chi connectivity index (χ1n) is 10.2. The number of benzene rings is 1. The van der Waals surface area contributed by atoms with Gasteiger partial charge in [0.1, 0.15) is 18.5 Å². The number of carbonyl (C=O) groups excluding carboxylic acids is 1. The highest BCUT2D eigenvalue weighted by atomic mass is 16.5. The number of hydrogen-bond donors (Lipinski definition) is 2. The zero-order valence-corrected chi connectivity index (χ0v) is 15.9. The summed E-state index contributed by atoms with van der Waals surface area (Å²) in [5.41, 5.74) is 6.34. The fourth-order valence-electron chi connectivity index (χ4n) is 5.12. The smallest absolute Gasteiger partial charge is 0.227 e. The fourth-order valence-corrected chi connectivity index (χ4v) is 5.12. The summed E-state index contributed by atoms with van der Waals surface area (Å²) < 4.78 is 5.62. The molecule has 3 fully saturated rings. The zero-order valence-electron chi connectivity index (χ0n) is 15.9. The highest BCUT2D eigenvalue weighted by molar-refractivity contribution is 5.80. The van der Waals surface area contributed by atoms with Crippen LogP contribution in [0.2, 0.25) is 0 Å². The second-order valence-corrected chi connectivity index (χ2v) is 8.34. The van der Waals surface area contributed by atoms with Crippen LogP contribution in [-0.4, -0.2) is 72.3 Å². The SMILES string of the molecule is NC1C2CCC(C2)C1C(=O)N1CCN(CC(O)COc2ccccc2)CC1. The van der Waals surface area contributed by atoms with E-state index >= 15 is 0 Å². The lowest BCUT2D eigenvalue weighted by Crippen LogP contribution is -2.54. The van der Waals surface area contributed by atoms with Gasteiger partial charge in [0, 0.05) is 38.8 Å². The Balaban J connectivity index is 1.20. The fraction of sp³-hybridized carbons (Fsp3) is 0.667. The topological polar surface area (TPSA) is 79.0 Å². The van der Waals surface area contributed by atoms with Crippen LogP contribution < -0.4 is 10.5 Å². The lowest BCUT2D eigenvalue weighted by Gasteiger charge is -2.39. The van der Waals surface area contributed by atoms with Gasteiger partial charge in [0.2, 0.25) is 5.91 Å². The van der Waals surface area contributed by atoms with Crippen LogP contribution in [0, 0.1) is 17.8 Å². The van der Waals surface area contributed by atoms with Gasteiger partial charge < -0.3 is 20.5 Å². The van der Waals surface area contributed by atoms with Crippen LogP contribution in [0.15, 0.2) is 30.3 Å². The molecule has 5 unspecified atom stereocenters. The number of piperazine rings is 1. The third-order valence-corrected chi connectivity index (χ3v) is 6.60. The second kappa shape index (κ2) is 8.17. The molecule has 2 aliphatic carbocycles. The number of β-amino-alcohol motifs (C(OH)–C–C–N with tert-alkyl or cyclic N) is 1. The predicted octanol–water partition coefficient (Wildman–Crippen LogP) is 0.944. The Kier molecular flexibility index (Phi) is 5.66. The van der Waals surface area contributed by atoms with E-state index in [9.17, 15) is 9.90 Å². The first kappa shape index (κ1) is 18.7. The Labute approximate surface area is 161 Å². The van der Waals surface area contributed by atoms with Gasteiger partial charge in [-0.1, -0.05) is 18.2 Å². The standard InChI is InChI=1S/C21H31N3O3/c22-20-16-7-6-15(12-16)19(20)21(26)24-10-8-23(9-11-24)13-17(25)14-27-18-4-2-1-3-5-18/h1-5,15-17,19-20,25H,6-14,22H2. The van der Waals surface area contributed by atoms with E-state index in [4.69, 9.17) is 10.5 Å². The average Bonchev–Trinajstić information content (AvgIpc) is 3.29. The molecule has 1 saturated heterocycles. The number of nitrogens with zero attached hydrogens (tertiary/aromatic N) is 2. The molecule has 1 heterocycles. The molecule has 1 aromatic carbocycles. The van der Waals surface area contributed by atoms with Gasteiger partial charge in [0.05, 0.1) is 5.92 Å². The van der Waals surface area contributed by atoms with Crippen molar-refractivity contribution in [3.63, 3.8) is 0 Å². The maximum Gasteiger partial charge on any atom is 0.227 e. The molecular weight excluding hydrogens is 342 g/mol. The summed E-state index contributed by atoms with van der Waals surface area (Å²) in [7, 11) is 0. The molecule has 1 amide bonds. The Hall–Kier alpha value is -1.63. The van der Waals surface area contributed by atoms with Crippen molar-refractivity contribution in [2.75, 3.05) is 39.3 Å². The van der Waals surface area contributed by atoms with Crippen molar-refractivity contribution in [2.45, 2.75) is 31.4 Å². The van der Waals surface area contributed by atoms with E-state index in [0.717, 1.165) is 38.3 Å². The molecule has 1 aliphatic heterocycles. The molecule has 3 N–H and O–H groups in total. The number of rotatable bonds is 6. The van der Waals surface area contributed by atoms with Crippen LogP contribution in [0.3, 0.4) is 0 Å². The summed E-state index contributed by atoms with van der Waals surface area (Å²) in [6.07, 6.45) is 2.98. The van der Waals surface area contributed by atoms with Crippen LogP contribution in [-0.2, 0) is 4.79 Å². The van der Waals surface area contributed by atoms with Crippen molar-refractivity contribution in [3.8, 4) is 5.75 Å². The van der Waals surface area contributed by atoms with Gasteiger partial charge in [-0.2, -0.15) is 0 Å². The Bertz CT molecular complexity index is 631. The average molecular weight is 373 g/mol. The third-order valence-electron chi connectivity index (χ3n) is 6.60. The van der Waals surface area contributed by atoms with E-state index in [1.54, 1.807) is 0 Å². The van der Waals surface area contributed by atoms with E-state index < -0.39 is 6.10 Å². The van der Waals surface area contributed by atoms with Gasteiger partial charge in [0.25, 0.3) is 0 Å². The van der Waals surface area contributed by atoms with Gasteiger partial charge >= 0.3 is 0 Å². The minimum atomic E-state index is -0.536. The van der Waals surface area contributed by atoms with Crippen molar-refractivity contribution in [1.82, 2.24) is 9.80 Å². The lowest BCUT2D eigenvalue weighted by atomic mass is 9.84. The molecule has 5 atom stereocenters. The van der Waals surface area contributed by atoms with Gasteiger partial charge in [0.15, 0.2) is 0 Å². The van der Waals surface area contributed by atoms with Crippen molar-refractivity contribution < 1.29 is 14.6 Å². The largest absolute Gasteiger partial charge is 0.491 e. The Morgan fingerprint density at radius 3 is 2.52 bits per heavy atom. The van der Waals surface area contributed by atoms with Crippen LogP contribution in [0.1, 0.15) is 19.3 Å². The van der Waals surface area contributed by atoms with Crippen LogP contribution in [0.25, 0.3) is 0 Å². The van der Waals surface area contributed by atoms with E-state index in [2.05, 4.69) is 4.90 Å². The summed E-state index contributed by atoms with van der Waals surface area (Å²) in [5, 5.41) is 10.3. The van der Waals surface area contributed by atoms with Crippen LogP contribution in [0.4, 0.5) is 0 Å². The number of aliphatic hydroxyl groups is 1. The summed E-state index contributed by atoms with van der Waals surface area (Å²) in [4.78, 5) is 17.2. The van der Waals surface area contributed by atoms with Gasteiger partial charge in [-0.15, -0.1) is 0 Å². The third kappa shape index (κ3) is 4.13. The minimum Gasteiger partial charge on any atom is -0.491 e. The molecule has 0 radical (unpaired) electrons. The summed E-state index contributed by atoms with van der Waals surface area (Å²) >= 11 is 0. The molecule has 0 spiro atoms. The van der Waals surface area contributed by atoms with Gasteiger partial charge in [-0.05, 0) is 43.2 Å². The van der Waals surface area contributed by atoms with E-state index in [-0.39, 0.29) is 24.5 Å². The number of fused-ring (bicyclic) bond motifs is 2. The lowest BCUT2D eigenvalue weighted by molar-refractivity contribution is -0.139. The van der Waals surface area contributed by atoms with Crippen molar-refractivity contribution in [2.24, 2.45) is 23.5 Å². The molecule has 3 aliphatic rings. The highest BCUT2D eigenvalue weighted by Crippen LogP contribution is 2.48. The Morgan fingerprint density at radius 2 is 1.85 bits per heavy atom. The molecule has 27 heavy (non-hydrogen) atoms. The number of nitrogens with two attached hydrogens (primary N) is 1. The first-order valence-corrected chi connectivity index (χ1v) is 10.2. The van der Waals surface area contributed by atoms with Crippen LogP contribution >= 0.6 is 0 Å². The molecule has 1 aromatic rings. The number of ether oxygens (including phenoxy) is 1. The number of hydrogen-bond acceptors (Lipinski definition) is 5. The number of amides is 1. The predicted molar refractivity (Wildman–Crippen MR) is 103 cm³/mol. The summed E-state index contributed by atoms with van der Waals surface area (Å²) in [5.74, 6) is 2.15. The number of carbonyl (C=O) groups is 1. The number of aliphatic hydroxyl groups excluding tert-OH is 1. The summed E-state index contributed by atoms with van der Waals surface area (Å²) in [6, 6.07) is 9.61. The van der Waals surface area contributed by atoms with Crippen LogP contribution in [0.5, 0.6) is 5.75 Å². The molecule has 0 aromatic heterocycles. The van der Waals surface area contributed by atoms with Gasteiger partial charge in [-0.3, -0.25) is 9.69 Å². The second-order valence-electron chi connectivity index (χ2n) is 8.34. The molecule has 2 saturated carbocycles. The van der Waals surface area contributed by atoms with Gasteiger partial charge in [-0.25, -0.2) is 0 Å². The van der Waals surface area contributed by atoms with E-state index in [1.807, 2.05) is 35.2 Å². The highest BCUT2D eigenvalue weighted by Gasteiger charge is 2.50. The quantitative estimate of drug-likeness (QED) is 0.776. The van der Waals surface area contributed by atoms with Crippen molar-refractivity contribution >= 4 is 5.91 Å². The molecular formula is C21H31N3O3. The minimum absolute atomic E-state index is 0.0418. The maximum atomic E-state index is 12.9. The van der Waals surface area contributed by atoms with E-state index in [0.29, 0.717) is 18.4 Å². The number of para-hydroxylation sites is 1. The molecule has 6 nitrogen and oxygen atoms in total. The molecule has 2 bridgehead atoms. The van der Waals surface area contributed by atoms with Crippen molar-refractivity contribution in [1.29, 1.82) is 0 Å². The van der Waals surface area contributed by atoms with Crippen molar-refractivity contribution in [3.05, 3.63) is 30.3 Å². The monoisotopic (exact) mass is 373 g/mol. The maximum absolute atomic E-state index is 12.9. The molecule has 4 rings (SSSR count). The summed E-state index contributed by atoms with van der Waals surface area (Å²) in [6.45, 7) is 3.90. The molecule has 148 valence electrons. The molecule has 6 heteroatoms. The Morgan fingerprint density at radius 1 is 1.15 bits per heavy atom. The van der Waals surface area contributed by atoms with E-state index in [1.165, 1.54) is 12.8 Å². The first-order chi connectivity index (χ1) is 13.1.